The SMILES string of the molecule is OCC1(NCC(O)COc2ccc(Cl)c(Cl)c2)CCC1. The summed E-state index contributed by atoms with van der Waals surface area (Å²) < 4.78 is 5.46. The Labute approximate surface area is 128 Å². The fourth-order valence-corrected chi connectivity index (χ4v) is 2.43. The lowest BCUT2D eigenvalue weighted by molar-refractivity contribution is 0.0540. The fraction of sp³-hybridized carbons (Fsp3) is 0.571. The van der Waals surface area contributed by atoms with Gasteiger partial charge in [0.1, 0.15) is 18.5 Å². The lowest BCUT2D eigenvalue weighted by Crippen LogP contribution is -2.56. The Hall–Kier alpha value is -0.520. The molecule has 0 heterocycles. The molecule has 1 fully saturated rings. The summed E-state index contributed by atoms with van der Waals surface area (Å²) in [6, 6.07) is 4.97. The standard InChI is InChI=1S/C14H19Cl2NO3/c15-12-3-2-11(6-13(12)16)20-8-10(19)7-17-14(9-18)4-1-5-14/h2-3,6,10,17-19H,1,4-5,7-9H2. The summed E-state index contributed by atoms with van der Waals surface area (Å²) in [6.45, 7) is 0.654. The molecule has 0 bridgehead atoms. The van der Waals surface area contributed by atoms with Crippen LogP contribution >= 0.6 is 23.2 Å². The smallest absolute Gasteiger partial charge is 0.121 e. The van der Waals surface area contributed by atoms with Gasteiger partial charge in [0.15, 0.2) is 0 Å². The Balaban J connectivity index is 1.74. The molecule has 4 nitrogen and oxygen atoms in total. The van der Waals surface area contributed by atoms with Gasteiger partial charge in [0, 0.05) is 18.2 Å². The summed E-state index contributed by atoms with van der Waals surface area (Å²) in [5, 5.41) is 23.3. The number of hydrogen-bond acceptors (Lipinski definition) is 4. The van der Waals surface area contributed by atoms with Crippen LogP contribution in [0.5, 0.6) is 5.75 Å². The van der Waals surface area contributed by atoms with Crippen molar-refractivity contribution in [2.75, 3.05) is 19.8 Å². The van der Waals surface area contributed by atoms with Crippen LogP contribution in [0.2, 0.25) is 10.0 Å². The highest BCUT2D eigenvalue weighted by Gasteiger charge is 2.35. The van der Waals surface area contributed by atoms with E-state index in [4.69, 9.17) is 27.9 Å². The third-order valence-corrected chi connectivity index (χ3v) is 4.40. The predicted molar refractivity (Wildman–Crippen MR) is 79.6 cm³/mol. The summed E-state index contributed by atoms with van der Waals surface area (Å²) >= 11 is 11.7. The molecule has 0 spiro atoms. The molecule has 6 heteroatoms. The first kappa shape index (κ1) is 15.9. The summed E-state index contributed by atoms with van der Waals surface area (Å²) in [4.78, 5) is 0. The van der Waals surface area contributed by atoms with Gasteiger partial charge in [-0.05, 0) is 31.4 Å². The van der Waals surface area contributed by atoms with Gasteiger partial charge in [0.2, 0.25) is 0 Å². The van der Waals surface area contributed by atoms with Gasteiger partial charge in [-0.25, -0.2) is 0 Å². The van der Waals surface area contributed by atoms with Crippen molar-refractivity contribution < 1.29 is 14.9 Å². The Kier molecular flexibility index (Phi) is 5.52. The maximum Gasteiger partial charge on any atom is 0.121 e. The lowest BCUT2D eigenvalue weighted by atomic mass is 9.77. The van der Waals surface area contributed by atoms with Gasteiger partial charge in [-0.15, -0.1) is 0 Å². The van der Waals surface area contributed by atoms with E-state index in [0.29, 0.717) is 22.3 Å². The van der Waals surface area contributed by atoms with E-state index in [1.807, 2.05) is 0 Å². The third-order valence-electron chi connectivity index (χ3n) is 3.66. The predicted octanol–water partition coefficient (Wildman–Crippen LogP) is 2.24. The van der Waals surface area contributed by atoms with Crippen molar-refractivity contribution in [3.8, 4) is 5.75 Å². The van der Waals surface area contributed by atoms with Gasteiger partial charge in [0.25, 0.3) is 0 Å². The van der Waals surface area contributed by atoms with Crippen molar-refractivity contribution in [3.05, 3.63) is 28.2 Å². The Bertz CT molecular complexity index is 447. The Morgan fingerprint density at radius 1 is 1.30 bits per heavy atom. The van der Waals surface area contributed by atoms with E-state index in [9.17, 15) is 10.2 Å². The van der Waals surface area contributed by atoms with E-state index in [-0.39, 0.29) is 18.8 Å². The highest BCUT2D eigenvalue weighted by atomic mass is 35.5. The van der Waals surface area contributed by atoms with Crippen LogP contribution in [-0.4, -0.2) is 41.6 Å². The van der Waals surface area contributed by atoms with Crippen LogP contribution in [-0.2, 0) is 0 Å². The second kappa shape index (κ2) is 6.96. The minimum Gasteiger partial charge on any atom is -0.491 e. The molecule has 2 rings (SSSR count). The number of aliphatic hydroxyl groups excluding tert-OH is 2. The normalized spacial score (nSPS) is 18.4. The second-order valence-electron chi connectivity index (χ2n) is 5.21. The number of benzene rings is 1. The number of rotatable bonds is 7. The molecule has 1 aliphatic carbocycles. The van der Waals surface area contributed by atoms with Gasteiger partial charge in [-0.2, -0.15) is 0 Å². The van der Waals surface area contributed by atoms with Crippen molar-refractivity contribution in [1.29, 1.82) is 0 Å². The Morgan fingerprint density at radius 2 is 2.05 bits per heavy atom. The molecule has 0 radical (unpaired) electrons. The molecule has 1 aliphatic rings. The number of β-amino-alcohol motifs (C(OH)–C–C–N with tert-alkyl or cyclic N) is 1. The topological polar surface area (TPSA) is 61.7 Å². The third kappa shape index (κ3) is 3.99. The number of nitrogens with one attached hydrogen (secondary N) is 1. The molecule has 3 N–H and O–H groups in total. The molecule has 1 unspecified atom stereocenters. The number of halogens is 2. The van der Waals surface area contributed by atoms with Crippen molar-refractivity contribution >= 4 is 23.2 Å². The van der Waals surface area contributed by atoms with Crippen molar-refractivity contribution in [2.24, 2.45) is 0 Å². The monoisotopic (exact) mass is 319 g/mol. The zero-order valence-corrected chi connectivity index (χ0v) is 12.6. The minimum absolute atomic E-state index is 0.105. The van der Waals surface area contributed by atoms with Gasteiger partial charge < -0.3 is 20.3 Å². The molecule has 1 saturated carbocycles. The number of aliphatic hydroxyl groups is 2. The van der Waals surface area contributed by atoms with Gasteiger partial charge >= 0.3 is 0 Å². The maximum atomic E-state index is 9.88. The average Bonchev–Trinajstić information content (AvgIpc) is 2.39. The van der Waals surface area contributed by atoms with Crippen molar-refractivity contribution in [3.63, 3.8) is 0 Å². The van der Waals surface area contributed by atoms with Crippen LogP contribution in [0.4, 0.5) is 0 Å². The van der Waals surface area contributed by atoms with Gasteiger partial charge in [-0.3, -0.25) is 0 Å². The van der Waals surface area contributed by atoms with E-state index in [1.165, 1.54) is 0 Å². The lowest BCUT2D eigenvalue weighted by Gasteiger charge is -2.41. The van der Waals surface area contributed by atoms with E-state index < -0.39 is 6.10 Å². The highest BCUT2D eigenvalue weighted by Crippen LogP contribution is 2.31. The summed E-state index contributed by atoms with van der Waals surface area (Å²) in [6.07, 6.45) is 2.37. The number of ether oxygens (including phenoxy) is 1. The van der Waals surface area contributed by atoms with Crippen molar-refractivity contribution in [2.45, 2.75) is 30.9 Å². The highest BCUT2D eigenvalue weighted by molar-refractivity contribution is 6.42. The molecule has 112 valence electrons. The molecule has 0 aliphatic heterocycles. The van der Waals surface area contributed by atoms with Crippen LogP contribution in [0.3, 0.4) is 0 Å². The van der Waals surface area contributed by atoms with Gasteiger partial charge in [0.05, 0.1) is 16.7 Å². The van der Waals surface area contributed by atoms with Crippen LogP contribution in [0.15, 0.2) is 18.2 Å². The maximum absolute atomic E-state index is 9.88. The van der Waals surface area contributed by atoms with Crippen LogP contribution < -0.4 is 10.1 Å². The van der Waals surface area contributed by atoms with Gasteiger partial charge in [-0.1, -0.05) is 23.2 Å². The van der Waals surface area contributed by atoms with E-state index in [2.05, 4.69) is 5.32 Å². The Morgan fingerprint density at radius 3 is 2.60 bits per heavy atom. The summed E-state index contributed by atoms with van der Waals surface area (Å²) in [5.41, 5.74) is -0.204. The van der Waals surface area contributed by atoms with E-state index >= 15 is 0 Å². The molecule has 1 aromatic rings. The van der Waals surface area contributed by atoms with Crippen LogP contribution in [0.25, 0.3) is 0 Å². The molecule has 0 amide bonds. The summed E-state index contributed by atoms with van der Waals surface area (Å²) in [5.74, 6) is 0.568. The first-order chi connectivity index (χ1) is 9.54. The van der Waals surface area contributed by atoms with E-state index in [1.54, 1.807) is 18.2 Å². The second-order valence-corrected chi connectivity index (χ2v) is 6.03. The largest absolute Gasteiger partial charge is 0.491 e. The first-order valence-corrected chi connectivity index (χ1v) is 7.42. The fourth-order valence-electron chi connectivity index (χ4n) is 2.15. The molecule has 20 heavy (non-hydrogen) atoms. The molecule has 0 saturated heterocycles. The van der Waals surface area contributed by atoms with E-state index in [0.717, 1.165) is 19.3 Å². The zero-order chi connectivity index (χ0) is 14.6. The minimum atomic E-state index is -0.645. The molecular formula is C14H19Cl2NO3. The number of hydrogen-bond donors (Lipinski definition) is 3. The summed E-state index contributed by atoms with van der Waals surface area (Å²) in [7, 11) is 0. The molecular weight excluding hydrogens is 301 g/mol. The van der Waals surface area contributed by atoms with Crippen LogP contribution in [0.1, 0.15) is 19.3 Å². The van der Waals surface area contributed by atoms with Crippen molar-refractivity contribution in [1.82, 2.24) is 5.32 Å². The average molecular weight is 320 g/mol. The molecule has 1 aromatic carbocycles. The van der Waals surface area contributed by atoms with Crippen LogP contribution in [0, 0.1) is 0 Å². The first-order valence-electron chi connectivity index (χ1n) is 6.66. The zero-order valence-electron chi connectivity index (χ0n) is 11.1. The quantitative estimate of drug-likeness (QED) is 0.721. The molecule has 0 aromatic heterocycles. The molecule has 1 atom stereocenters.